The van der Waals surface area contributed by atoms with E-state index in [0.717, 1.165) is 0 Å². The van der Waals surface area contributed by atoms with Gasteiger partial charge in [0.1, 0.15) is 0 Å². The van der Waals surface area contributed by atoms with Crippen LogP contribution in [0.25, 0.3) is 0 Å². The Bertz CT molecular complexity index is 332. The van der Waals surface area contributed by atoms with E-state index in [9.17, 15) is 4.79 Å². The summed E-state index contributed by atoms with van der Waals surface area (Å²) in [5.41, 5.74) is 4.72. The molecule has 0 aliphatic rings. The van der Waals surface area contributed by atoms with Gasteiger partial charge in [-0.25, -0.2) is 14.8 Å². The van der Waals surface area contributed by atoms with Crippen LogP contribution in [-0.4, -0.2) is 16.1 Å². The van der Waals surface area contributed by atoms with Gasteiger partial charge in [0.25, 0.3) is 0 Å². The molecule has 1 aromatic heterocycles. The predicted octanol–water partition coefficient (Wildman–Crippen LogP) is 1.66. The van der Waals surface area contributed by atoms with Crippen LogP contribution in [0.1, 0.15) is 32.7 Å². The molecular formula is C10H15N3O2. The van der Waals surface area contributed by atoms with Crippen LogP contribution in [0.5, 0.6) is 0 Å². The van der Waals surface area contributed by atoms with E-state index in [0.29, 0.717) is 5.82 Å². The average Bonchev–Trinajstić information content (AvgIpc) is 2.14. The van der Waals surface area contributed by atoms with Crippen molar-refractivity contribution < 1.29 is 9.53 Å². The van der Waals surface area contributed by atoms with Crippen molar-refractivity contribution in [3.8, 4) is 0 Å². The predicted molar refractivity (Wildman–Crippen MR) is 54.9 cm³/mol. The quantitative estimate of drug-likeness (QED) is 0.803. The summed E-state index contributed by atoms with van der Waals surface area (Å²) in [7, 11) is 0. The van der Waals surface area contributed by atoms with E-state index in [-0.39, 0.29) is 5.41 Å². The number of aromatic nitrogens is 2. The summed E-state index contributed by atoms with van der Waals surface area (Å²) in [6, 6.07) is 1.70. The van der Waals surface area contributed by atoms with E-state index < -0.39 is 12.2 Å². The Morgan fingerprint density at radius 2 is 1.93 bits per heavy atom. The molecule has 1 amide bonds. The number of hydrogen-bond acceptors (Lipinski definition) is 4. The molecule has 82 valence electrons. The third kappa shape index (κ3) is 3.19. The highest BCUT2D eigenvalue weighted by molar-refractivity contribution is 5.65. The lowest BCUT2D eigenvalue weighted by atomic mass is 9.88. The molecule has 0 saturated heterocycles. The molecule has 5 heteroatoms. The molecule has 0 fully saturated rings. The number of nitrogens with zero attached hydrogens (tertiary/aromatic N) is 2. The maximum atomic E-state index is 10.8. The average molecular weight is 209 g/mol. The van der Waals surface area contributed by atoms with Gasteiger partial charge in [-0.2, -0.15) is 0 Å². The van der Waals surface area contributed by atoms with Crippen LogP contribution in [0.15, 0.2) is 18.5 Å². The summed E-state index contributed by atoms with van der Waals surface area (Å²) >= 11 is 0. The molecule has 15 heavy (non-hydrogen) atoms. The summed E-state index contributed by atoms with van der Waals surface area (Å²) in [5, 5.41) is 0. The van der Waals surface area contributed by atoms with Crippen molar-refractivity contribution in [2.24, 2.45) is 11.1 Å². The van der Waals surface area contributed by atoms with Crippen molar-refractivity contribution in [1.29, 1.82) is 0 Å². The van der Waals surface area contributed by atoms with Gasteiger partial charge in [-0.05, 0) is 6.07 Å². The van der Waals surface area contributed by atoms with Gasteiger partial charge in [-0.1, -0.05) is 20.8 Å². The molecule has 0 aromatic carbocycles. The Hall–Kier alpha value is -1.65. The summed E-state index contributed by atoms with van der Waals surface area (Å²) in [6.07, 6.45) is 1.86. The first-order valence-electron chi connectivity index (χ1n) is 4.64. The number of hydrogen-bond donors (Lipinski definition) is 1. The normalized spacial score (nSPS) is 13.3. The van der Waals surface area contributed by atoms with Gasteiger partial charge in [0, 0.05) is 17.8 Å². The van der Waals surface area contributed by atoms with E-state index in [1.54, 1.807) is 18.5 Å². The van der Waals surface area contributed by atoms with E-state index in [1.165, 1.54) is 0 Å². The molecule has 0 aliphatic heterocycles. The van der Waals surface area contributed by atoms with E-state index in [2.05, 4.69) is 9.97 Å². The lowest BCUT2D eigenvalue weighted by molar-refractivity contribution is 0.0300. The van der Waals surface area contributed by atoms with E-state index in [4.69, 9.17) is 10.5 Å². The van der Waals surface area contributed by atoms with Crippen LogP contribution in [0.2, 0.25) is 0 Å². The van der Waals surface area contributed by atoms with E-state index in [1.807, 2.05) is 20.8 Å². The highest BCUT2D eigenvalue weighted by Crippen LogP contribution is 2.33. The number of carbonyl (C=O) groups is 1. The fourth-order valence-corrected chi connectivity index (χ4v) is 1.18. The third-order valence-electron chi connectivity index (χ3n) is 1.84. The summed E-state index contributed by atoms with van der Waals surface area (Å²) in [5.74, 6) is 0.462. The first-order chi connectivity index (χ1) is 6.91. The first kappa shape index (κ1) is 11.4. The fraction of sp³-hybridized carbons (Fsp3) is 0.500. The molecule has 1 heterocycles. The smallest absolute Gasteiger partial charge is 0.405 e. The molecule has 0 saturated carbocycles. The minimum atomic E-state index is -0.817. The van der Waals surface area contributed by atoms with E-state index >= 15 is 0 Å². The van der Waals surface area contributed by atoms with Gasteiger partial charge in [-0.15, -0.1) is 0 Å². The zero-order valence-corrected chi connectivity index (χ0v) is 9.10. The van der Waals surface area contributed by atoms with Gasteiger partial charge in [0.2, 0.25) is 0 Å². The highest BCUT2D eigenvalue weighted by atomic mass is 16.6. The van der Waals surface area contributed by atoms with Crippen LogP contribution in [-0.2, 0) is 4.74 Å². The molecule has 1 unspecified atom stereocenters. The fourth-order valence-electron chi connectivity index (χ4n) is 1.18. The summed E-state index contributed by atoms with van der Waals surface area (Å²) in [4.78, 5) is 18.9. The van der Waals surface area contributed by atoms with Crippen LogP contribution in [0.3, 0.4) is 0 Å². The second kappa shape index (κ2) is 4.25. The Labute approximate surface area is 88.7 Å². The van der Waals surface area contributed by atoms with Crippen LogP contribution in [0.4, 0.5) is 4.79 Å². The molecule has 1 aromatic rings. The van der Waals surface area contributed by atoms with Gasteiger partial charge in [0.05, 0.1) is 0 Å². The molecule has 0 bridgehead atoms. The van der Waals surface area contributed by atoms with Crippen molar-refractivity contribution in [2.75, 3.05) is 0 Å². The minimum absolute atomic E-state index is 0.295. The zero-order valence-electron chi connectivity index (χ0n) is 9.10. The molecule has 0 radical (unpaired) electrons. The third-order valence-corrected chi connectivity index (χ3v) is 1.84. The number of amides is 1. The second-order valence-corrected chi connectivity index (χ2v) is 4.29. The van der Waals surface area contributed by atoms with Crippen molar-refractivity contribution in [3.63, 3.8) is 0 Å². The Kier molecular flexibility index (Phi) is 3.24. The maximum Gasteiger partial charge on any atom is 0.405 e. The molecule has 1 rings (SSSR count). The molecule has 1 atom stereocenters. The van der Waals surface area contributed by atoms with Crippen molar-refractivity contribution in [3.05, 3.63) is 24.3 Å². The Balaban J connectivity index is 2.97. The van der Waals surface area contributed by atoms with Gasteiger partial charge >= 0.3 is 6.09 Å². The van der Waals surface area contributed by atoms with Crippen LogP contribution >= 0.6 is 0 Å². The largest absolute Gasteiger partial charge is 0.438 e. The molecule has 0 spiro atoms. The number of carbonyl (C=O) groups excluding carboxylic acids is 1. The van der Waals surface area contributed by atoms with Gasteiger partial charge in [0.15, 0.2) is 11.9 Å². The topological polar surface area (TPSA) is 78.1 Å². The lowest BCUT2D eigenvalue weighted by Crippen LogP contribution is -2.28. The summed E-state index contributed by atoms with van der Waals surface area (Å²) in [6.45, 7) is 5.78. The van der Waals surface area contributed by atoms with Gasteiger partial charge < -0.3 is 10.5 Å². The van der Waals surface area contributed by atoms with Crippen molar-refractivity contribution >= 4 is 6.09 Å². The Morgan fingerprint density at radius 3 is 2.33 bits per heavy atom. The number of primary amides is 1. The van der Waals surface area contributed by atoms with Crippen LogP contribution < -0.4 is 5.73 Å². The van der Waals surface area contributed by atoms with Crippen LogP contribution in [0, 0.1) is 5.41 Å². The second-order valence-electron chi connectivity index (χ2n) is 4.29. The maximum absolute atomic E-state index is 10.8. The monoisotopic (exact) mass is 209 g/mol. The SMILES string of the molecule is CC(C)(C)C(OC(N)=O)c1ncccn1. The molecule has 2 N–H and O–H groups in total. The number of nitrogens with two attached hydrogens (primary N) is 1. The number of ether oxygens (including phenoxy) is 1. The lowest BCUT2D eigenvalue weighted by Gasteiger charge is -2.27. The van der Waals surface area contributed by atoms with Gasteiger partial charge in [-0.3, -0.25) is 0 Å². The van der Waals surface area contributed by atoms with Crippen molar-refractivity contribution in [1.82, 2.24) is 9.97 Å². The Morgan fingerprint density at radius 1 is 1.40 bits per heavy atom. The first-order valence-corrected chi connectivity index (χ1v) is 4.64. The molecule has 5 nitrogen and oxygen atoms in total. The van der Waals surface area contributed by atoms with Crippen molar-refractivity contribution in [2.45, 2.75) is 26.9 Å². The summed E-state index contributed by atoms with van der Waals surface area (Å²) < 4.78 is 5.01. The molecule has 0 aliphatic carbocycles. The molecular weight excluding hydrogens is 194 g/mol. The number of rotatable bonds is 2. The highest BCUT2D eigenvalue weighted by Gasteiger charge is 2.31. The minimum Gasteiger partial charge on any atom is -0.438 e. The zero-order chi connectivity index (χ0) is 11.5. The standard InChI is InChI=1S/C10H15N3O2/c1-10(2,3)7(15-9(11)14)8-12-5-4-6-13-8/h4-7H,1-3H3,(H2,11,14).